The van der Waals surface area contributed by atoms with Gasteiger partial charge in [-0.3, -0.25) is 4.98 Å². The second-order valence-corrected chi connectivity index (χ2v) is 2.57. The van der Waals surface area contributed by atoms with Gasteiger partial charge in [0, 0.05) is 11.4 Å². The highest BCUT2D eigenvalue weighted by atomic mass is 14.7. The van der Waals surface area contributed by atoms with E-state index in [0.29, 0.717) is 0 Å². The van der Waals surface area contributed by atoms with Crippen LogP contribution in [0.3, 0.4) is 0 Å². The van der Waals surface area contributed by atoms with Gasteiger partial charge in [-0.15, -0.1) is 0 Å². The fourth-order valence-corrected chi connectivity index (χ4v) is 1.04. The van der Waals surface area contributed by atoms with Crippen molar-refractivity contribution in [3.63, 3.8) is 0 Å². The summed E-state index contributed by atoms with van der Waals surface area (Å²) in [6.45, 7) is 6.26. The minimum absolute atomic E-state index is 0. The Bertz CT molecular complexity index is 228. The lowest BCUT2D eigenvalue weighted by Crippen LogP contribution is -1.92. The van der Waals surface area contributed by atoms with Crippen LogP contribution in [-0.2, 0) is 6.42 Å². The van der Waals surface area contributed by atoms with E-state index in [-0.39, 0.29) is 7.43 Å². The van der Waals surface area contributed by atoms with Gasteiger partial charge in [0.2, 0.25) is 0 Å². The number of hydrogen-bond donors (Lipinski definition) is 0. The molecule has 11 heavy (non-hydrogen) atoms. The summed E-state index contributed by atoms with van der Waals surface area (Å²) in [4.78, 5) is 4.39. The van der Waals surface area contributed by atoms with Gasteiger partial charge in [-0.1, -0.05) is 20.4 Å². The molecule has 0 radical (unpaired) electrons. The monoisotopic (exact) mass is 151 g/mol. The fraction of sp³-hybridized carbons (Fsp3) is 0.500. The third kappa shape index (κ3) is 2.34. The third-order valence-corrected chi connectivity index (χ3v) is 1.68. The molecule has 1 rings (SSSR count). The van der Waals surface area contributed by atoms with Gasteiger partial charge in [-0.2, -0.15) is 0 Å². The predicted octanol–water partition coefficient (Wildman–Crippen LogP) is 2.90. The number of nitrogens with zero attached hydrogens (tertiary/aromatic N) is 1. The Hall–Kier alpha value is -0.850. The van der Waals surface area contributed by atoms with Crippen LogP contribution in [-0.4, -0.2) is 4.98 Å². The quantitative estimate of drug-likeness (QED) is 0.601. The van der Waals surface area contributed by atoms with Crippen LogP contribution in [0.4, 0.5) is 0 Å². The standard InChI is InChI=1S/C9H13N.CH4/c1-4-9-7(2)5-6-8(3)10-9;/h5-6H,4H2,1-3H3;1H4. The molecule has 1 nitrogen and oxygen atoms in total. The molecule has 0 aliphatic heterocycles. The highest BCUT2D eigenvalue weighted by molar-refractivity contribution is 5.20. The van der Waals surface area contributed by atoms with Crippen LogP contribution in [0.25, 0.3) is 0 Å². The van der Waals surface area contributed by atoms with Crippen molar-refractivity contribution >= 4 is 0 Å². The van der Waals surface area contributed by atoms with Crippen molar-refractivity contribution in [3.05, 3.63) is 29.1 Å². The van der Waals surface area contributed by atoms with Gasteiger partial charge in [-0.05, 0) is 31.9 Å². The first kappa shape index (κ1) is 10.2. The summed E-state index contributed by atoms with van der Waals surface area (Å²) >= 11 is 0. The van der Waals surface area contributed by atoms with Gasteiger partial charge >= 0.3 is 0 Å². The van der Waals surface area contributed by atoms with Crippen molar-refractivity contribution in [2.24, 2.45) is 0 Å². The van der Waals surface area contributed by atoms with E-state index in [2.05, 4.69) is 31.0 Å². The first-order chi connectivity index (χ1) is 4.74. The second kappa shape index (κ2) is 4.12. The van der Waals surface area contributed by atoms with Crippen molar-refractivity contribution in [2.75, 3.05) is 0 Å². The van der Waals surface area contributed by atoms with E-state index in [1.165, 1.54) is 11.3 Å². The molecule has 0 bridgehead atoms. The van der Waals surface area contributed by atoms with Crippen molar-refractivity contribution in [2.45, 2.75) is 34.6 Å². The van der Waals surface area contributed by atoms with Crippen molar-refractivity contribution in [3.8, 4) is 0 Å². The molecule has 0 aromatic carbocycles. The molecule has 0 saturated heterocycles. The molecule has 0 aliphatic rings. The molecule has 1 heterocycles. The summed E-state index contributed by atoms with van der Waals surface area (Å²) in [6.07, 6.45) is 1.04. The molecule has 0 N–H and O–H groups in total. The van der Waals surface area contributed by atoms with E-state index in [1.807, 2.05) is 6.92 Å². The summed E-state index contributed by atoms with van der Waals surface area (Å²) in [5, 5.41) is 0. The van der Waals surface area contributed by atoms with E-state index < -0.39 is 0 Å². The van der Waals surface area contributed by atoms with Gasteiger partial charge in [0.1, 0.15) is 0 Å². The molecule has 0 fully saturated rings. The Morgan fingerprint density at radius 3 is 2.36 bits per heavy atom. The molecule has 0 saturated carbocycles. The minimum Gasteiger partial charge on any atom is -0.258 e. The van der Waals surface area contributed by atoms with Gasteiger partial charge in [-0.25, -0.2) is 0 Å². The van der Waals surface area contributed by atoms with E-state index in [0.717, 1.165) is 12.1 Å². The van der Waals surface area contributed by atoms with Gasteiger partial charge in [0.15, 0.2) is 0 Å². The van der Waals surface area contributed by atoms with Gasteiger partial charge < -0.3 is 0 Å². The number of aromatic nitrogens is 1. The smallest absolute Gasteiger partial charge is 0.0433 e. The molecule has 0 atom stereocenters. The Balaban J connectivity index is 0.000001000. The second-order valence-electron chi connectivity index (χ2n) is 2.57. The predicted molar refractivity (Wildman–Crippen MR) is 49.8 cm³/mol. The number of aryl methyl sites for hydroxylation is 3. The molecule has 0 amide bonds. The largest absolute Gasteiger partial charge is 0.258 e. The lowest BCUT2D eigenvalue weighted by atomic mass is 10.1. The lowest BCUT2D eigenvalue weighted by molar-refractivity contribution is 0.982. The maximum Gasteiger partial charge on any atom is 0.0433 e. The average Bonchev–Trinajstić information content (AvgIpc) is 1.94. The number of rotatable bonds is 1. The summed E-state index contributed by atoms with van der Waals surface area (Å²) in [5.74, 6) is 0. The Labute approximate surface area is 69.5 Å². The van der Waals surface area contributed by atoms with E-state index in [4.69, 9.17) is 0 Å². The Morgan fingerprint density at radius 2 is 1.91 bits per heavy atom. The van der Waals surface area contributed by atoms with Crippen LogP contribution in [0.1, 0.15) is 31.3 Å². The molecule has 1 aromatic heterocycles. The maximum absolute atomic E-state index is 4.39. The summed E-state index contributed by atoms with van der Waals surface area (Å²) in [5.41, 5.74) is 3.63. The highest BCUT2D eigenvalue weighted by Gasteiger charge is 1.95. The number of pyridine rings is 1. The molecule has 0 unspecified atom stereocenters. The normalized spacial score (nSPS) is 9.00. The fourth-order valence-electron chi connectivity index (χ4n) is 1.04. The third-order valence-electron chi connectivity index (χ3n) is 1.68. The van der Waals surface area contributed by atoms with Crippen LogP contribution in [0.5, 0.6) is 0 Å². The van der Waals surface area contributed by atoms with Gasteiger partial charge in [0.25, 0.3) is 0 Å². The van der Waals surface area contributed by atoms with Crippen LogP contribution >= 0.6 is 0 Å². The molecule has 0 aliphatic carbocycles. The first-order valence-electron chi connectivity index (χ1n) is 3.67. The zero-order valence-corrected chi connectivity index (χ0v) is 6.81. The number of hydrogen-bond acceptors (Lipinski definition) is 1. The zero-order valence-electron chi connectivity index (χ0n) is 6.81. The molecule has 1 heteroatoms. The van der Waals surface area contributed by atoms with Crippen molar-refractivity contribution in [1.82, 2.24) is 4.98 Å². The Kier molecular flexibility index (Phi) is 3.80. The topological polar surface area (TPSA) is 12.9 Å². The molecule has 62 valence electrons. The van der Waals surface area contributed by atoms with E-state index in [1.54, 1.807) is 0 Å². The average molecular weight is 151 g/mol. The SMILES string of the molecule is C.CCc1nc(C)ccc1C. The molecule has 1 aromatic rings. The summed E-state index contributed by atoms with van der Waals surface area (Å²) in [6, 6.07) is 4.18. The van der Waals surface area contributed by atoms with Crippen molar-refractivity contribution < 1.29 is 0 Å². The zero-order chi connectivity index (χ0) is 7.56. The summed E-state index contributed by atoms with van der Waals surface area (Å²) < 4.78 is 0. The van der Waals surface area contributed by atoms with Crippen molar-refractivity contribution in [1.29, 1.82) is 0 Å². The maximum atomic E-state index is 4.39. The van der Waals surface area contributed by atoms with E-state index in [9.17, 15) is 0 Å². The summed E-state index contributed by atoms with van der Waals surface area (Å²) in [7, 11) is 0. The molecular formula is C10H17N. The van der Waals surface area contributed by atoms with Gasteiger partial charge in [0.05, 0.1) is 0 Å². The van der Waals surface area contributed by atoms with E-state index >= 15 is 0 Å². The Morgan fingerprint density at radius 1 is 1.27 bits per heavy atom. The first-order valence-corrected chi connectivity index (χ1v) is 3.67. The lowest BCUT2D eigenvalue weighted by Gasteiger charge is -2.01. The highest BCUT2D eigenvalue weighted by Crippen LogP contribution is 2.05. The molecular weight excluding hydrogens is 134 g/mol. The van der Waals surface area contributed by atoms with Crippen LogP contribution < -0.4 is 0 Å². The van der Waals surface area contributed by atoms with Crippen LogP contribution in [0.15, 0.2) is 12.1 Å². The minimum atomic E-state index is 0. The van der Waals surface area contributed by atoms with Crippen LogP contribution in [0, 0.1) is 13.8 Å². The molecule has 0 spiro atoms. The van der Waals surface area contributed by atoms with Crippen LogP contribution in [0.2, 0.25) is 0 Å².